The number of aromatic hydroxyl groups is 1. The van der Waals surface area contributed by atoms with Gasteiger partial charge in [-0.05, 0) is 25.2 Å². The topological polar surface area (TPSA) is 215 Å². The van der Waals surface area contributed by atoms with E-state index >= 15 is 0 Å². The number of rotatable bonds is 11. The Labute approximate surface area is 267 Å². The van der Waals surface area contributed by atoms with Crippen LogP contribution in [0.25, 0.3) is 49.2 Å². The second-order valence-corrected chi connectivity index (χ2v) is 14.3. The van der Waals surface area contributed by atoms with Crippen LogP contribution in [0.15, 0.2) is 27.3 Å². The molecule has 248 valence electrons. The van der Waals surface area contributed by atoms with Gasteiger partial charge in [0.05, 0.1) is 49.2 Å². The summed E-state index contributed by atoms with van der Waals surface area (Å²) in [6, 6.07) is 2.68. The third-order valence-electron chi connectivity index (χ3n) is 8.38. The minimum absolute atomic E-state index is 0.00141. The summed E-state index contributed by atoms with van der Waals surface area (Å²) in [5, 5.41) is 19.1. The normalized spacial score (nSPS) is 13.4. The van der Waals surface area contributed by atoms with Crippen LogP contribution in [0, 0.1) is 0 Å². The molecule has 5 N–H and O–H groups in total. The van der Waals surface area contributed by atoms with Crippen LogP contribution < -0.4 is 35.7 Å². The number of anilines is 2. The molecule has 0 bridgehead atoms. The molecule has 0 fully saturated rings. The van der Waals surface area contributed by atoms with E-state index in [1.807, 2.05) is 0 Å². The van der Waals surface area contributed by atoms with Gasteiger partial charge in [0, 0.05) is 56.7 Å². The third kappa shape index (κ3) is 5.17. The summed E-state index contributed by atoms with van der Waals surface area (Å²) in [6.45, 7) is 1.75. The SMILES string of the molecule is COc1c2c3c4c(c(NCCCS(=O)(=O)O)c(=O)c5c(NCS(=O)(=O)O)cc(OC)c(c6c(OC)cc(O)c(c1=O)c63)c54)C=C(C)C2. The molecule has 0 amide bonds. The molecule has 1 aliphatic carbocycles. The average Bonchev–Trinajstić information content (AvgIpc) is 3.14. The van der Waals surface area contributed by atoms with E-state index in [9.17, 15) is 40.6 Å². The van der Waals surface area contributed by atoms with Crippen molar-refractivity contribution in [1.29, 1.82) is 0 Å². The van der Waals surface area contributed by atoms with Crippen LogP contribution in [0.1, 0.15) is 24.5 Å². The molecule has 0 aromatic heterocycles. The van der Waals surface area contributed by atoms with Gasteiger partial charge >= 0.3 is 0 Å². The Morgan fingerprint density at radius 2 is 1.40 bits per heavy atom. The van der Waals surface area contributed by atoms with Crippen molar-refractivity contribution in [3.05, 3.63) is 49.3 Å². The first-order chi connectivity index (χ1) is 22.1. The first-order valence-corrected chi connectivity index (χ1v) is 17.4. The van der Waals surface area contributed by atoms with Gasteiger partial charge in [-0.2, -0.15) is 16.8 Å². The summed E-state index contributed by atoms with van der Waals surface area (Å²) >= 11 is 0. The Balaban J connectivity index is 1.93. The standard InChI is InChI=1S/C31H30N2O12S2/c1-13-8-14-20-21-15(9-13)31(45-4)30(36)23-17(34)11-19(44-3)25(27(21)23)24-18(43-2)10-16(33-12-47(40,41)42)22(26(20)24)29(35)28(14)32-6-5-7-46(37,38)39/h8,10-11,32-34H,5-7,9,12H2,1-4H3,(H,37,38,39)(H,40,41,42). The molecule has 0 aliphatic heterocycles. The quantitative estimate of drug-likeness (QED) is 0.0582. The van der Waals surface area contributed by atoms with Crippen molar-refractivity contribution in [3.8, 4) is 23.0 Å². The summed E-state index contributed by atoms with van der Waals surface area (Å²) in [5.41, 5.74) is 0.475. The number of methoxy groups -OCH3 is 3. The fourth-order valence-corrected chi connectivity index (χ4v) is 7.55. The smallest absolute Gasteiger partial charge is 0.283 e. The molecule has 0 saturated carbocycles. The van der Waals surface area contributed by atoms with Crippen LogP contribution in [0.2, 0.25) is 0 Å². The summed E-state index contributed by atoms with van der Waals surface area (Å²) in [5.74, 6) is -1.56. The number of hydrogen-bond donors (Lipinski definition) is 5. The van der Waals surface area contributed by atoms with E-state index in [0.29, 0.717) is 43.4 Å². The molecule has 5 aromatic rings. The lowest BCUT2D eigenvalue weighted by molar-refractivity contribution is 0.406. The minimum atomic E-state index is -4.56. The maximum atomic E-state index is 14.6. The average molecular weight is 687 g/mol. The monoisotopic (exact) mass is 686 g/mol. The number of phenolic OH excluding ortho intramolecular Hbond substituents is 1. The van der Waals surface area contributed by atoms with E-state index in [0.717, 1.165) is 5.57 Å². The Kier molecular flexibility index (Phi) is 7.74. The fraction of sp³-hybridized carbons (Fsp3) is 0.290. The van der Waals surface area contributed by atoms with Gasteiger partial charge in [-0.15, -0.1) is 0 Å². The number of nitrogens with one attached hydrogen (secondary N) is 2. The van der Waals surface area contributed by atoms with Crippen molar-refractivity contribution in [2.24, 2.45) is 0 Å². The van der Waals surface area contributed by atoms with Crippen molar-refractivity contribution in [2.75, 3.05) is 50.1 Å². The van der Waals surface area contributed by atoms with Crippen molar-refractivity contribution in [2.45, 2.75) is 19.8 Å². The number of hydrogen-bond acceptors (Lipinski definition) is 12. The number of ether oxygens (including phenoxy) is 3. The van der Waals surface area contributed by atoms with Crippen LogP contribution in [-0.2, 0) is 26.7 Å². The summed E-state index contributed by atoms with van der Waals surface area (Å²) in [7, 11) is -4.75. The lowest BCUT2D eigenvalue weighted by Gasteiger charge is -2.24. The van der Waals surface area contributed by atoms with Gasteiger partial charge in [-0.25, -0.2) is 0 Å². The molecule has 47 heavy (non-hydrogen) atoms. The predicted molar refractivity (Wildman–Crippen MR) is 180 cm³/mol. The molecule has 0 radical (unpaired) electrons. The maximum Gasteiger partial charge on any atom is 0.283 e. The van der Waals surface area contributed by atoms with E-state index in [-0.39, 0.29) is 64.5 Å². The second kappa shape index (κ2) is 11.3. The molecule has 0 atom stereocenters. The van der Waals surface area contributed by atoms with E-state index in [2.05, 4.69) is 10.6 Å². The highest BCUT2D eigenvalue weighted by atomic mass is 32.2. The third-order valence-corrected chi connectivity index (χ3v) is 9.69. The van der Waals surface area contributed by atoms with Crippen LogP contribution in [-0.4, -0.2) is 70.6 Å². The molecule has 5 aromatic carbocycles. The number of benzene rings is 5. The molecule has 0 unspecified atom stereocenters. The minimum Gasteiger partial charge on any atom is -0.507 e. The zero-order chi connectivity index (χ0) is 34.2. The van der Waals surface area contributed by atoms with Gasteiger partial charge < -0.3 is 30.0 Å². The predicted octanol–water partition coefficient (Wildman–Crippen LogP) is 3.53. The van der Waals surface area contributed by atoms with Crippen molar-refractivity contribution < 1.29 is 45.3 Å². The zero-order valence-corrected chi connectivity index (χ0v) is 27.2. The van der Waals surface area contributed by atoms with E-state index in [4.69, 9.17) is 14.2 Å². The van der Waals surface area contributed by atoms with Crippen molar-refractivity contribution in [1.82, 2.24) is 0 Å². The largest absolute Gasteiger partial charge is 0.507 e. The summed E-state index contributed by atoms with van der Waals surface area (Å²) in [4.78, 5) is 28.5. The number of phenols is 1. The molecule has 0 saturated heterocycles. The van der Waals surface area contributed by atoms with E-state index in [1.165, 1.54) is 33.5 Å². The van der Waals surface area contributed by atoms with Crippen LogP contribution in [0.5, 0.6) is 23.0 Å². The van der Waals surface area contributed by atoms with Crippen LogP contribution >= 0.6 is 0 Å². The van der Waals surface area contributed by atoms with Crippen LogP contribution in [0.3, 0.4) is 0 Å². The fourth-order valence-electron chi connectivity index (χ4n) is 6.70. The summed E-state index contributed by atoms with van der Waals surface area (Å²) < 4.78 is 82.4. The highest BCUT2D eigenvalue weighted by molar-refractivity contribution is 7.86. The highest BCUT2D eigenvalue weighted by Gasteiger charge is 2.33. The zero-order valence-electron chi connectivity index (χ0n) is 25.6. The molecule has 16 heteroatoms. The molecule has 0 heterocycles. The maximum absolute atomic E-state index is 14.6. The van der Waals surface area contributed by atoms with Crippen molar-refractivity contribution >= 4 is 80.8 Å². The van der Waals surface area contributed by atoms with Gasteiger partial charge in [0.2, 0.25) is 10.9 Å². The Hall–Kier alpha value is -4.64. The Morgan fingerprint density at radius 1 is 0.766 bits per heavy atom. The molecule has 0 spiro atoms. The first kappa shape index (κ1) is 32.3. The molecular formula is C31H30N2O12S2. The van der Waals surface area contributed by atoms with Crippen molar-refractivity contribution in [3.63, 3.8) is 0 Å². The van der Waals surface area contributed by atoms with E-state index < -0.39 is 42.7 Å². The Bertz CT molecular complexity index is 2510. The van der Waals surface area contributed by atoms with Crippen LogP contribution in [0.4, 0.5) is 11.4 Å². The van der Waals surface area contributed by atoms with Gasteiger partial charge in [0.1, 0.15) is 23.1 Å². The lowest BCUT2D eigenvalue weighted by atomic mass is 9.83. The van der Waals surface area contributed by atoms with Gasteiger partial charge in [0.25, 0.3) is 20.2 Å². The second-order valence-electron chi connectivity index (χ2n) is 11.3. The number of allylic oxidation sites excluding steroid dienone is 1. The Morgan fingerprint density at radius 3 is 2.00 bits per heavy atom. The van der Waals surface area contributed by atoms with Gasteiger partial charge in [-0.3, -0.25) is 18.7 Å². The highest BCUT2D eigenvalue weighted by Crippen LogP contribution is 2.54. The number of fused-ring (bicyclic) bond motifs is 1. The molecule has 14 nitrogen and oxygen atoms in total. The molecular weight excluding hydrogens is 656 g/mol. The first-order valence-electron chi connectivity index (χ1n) is 14.2. The van der Waals surface area contributed by atoms with E-state index in [1.54, 1.807) is 13.0 Å². The molecule has 1 aliphatic rings. The molecule has 6 rings (SSSR count). The summed E-state index contributed by atoms with van der Waals surface area (Å²) in [6.07, 6.45) is 1.91. The lowest BCUT2D eigenvalue weighted by Crippen LogP contribution is -2.20. The van der Waals surface area contributed by atoms with Gasteiger partial charge in [0.15, 0.2) is 5.75 Å². The van der Waals surface area contributed by atoms with Gasteiger partial charge in [-0.1, -0.05) is 11.6 Å².